The molecule has 16 heavy (non-hydrogen) atoms. The normalized spacial score (nSPS) is 9.94. The van der Waals surface area contributed by atoms with E-state index in [1.165, 1.54) is 6.07 Å². The van der Waals surface area contributed by atoms with E-state index in [0.29, 0.717) is 0 Å². The van der Waals surface area contributed by atoms with E-state index in [9.17, 15) is 13.6 Å². The summed E-state index contributed by atoms with van der Waals surface area (Å²) in [5.41, 5.74) is -1.80. The van der Waals surface area contributed by atoms with Gasteiger partial charge < -0.3 is 9.84 Å². The highest BCUT2D eigenvalue weighted by Gasteiger charge is 2.25. The first-order valence-corrected chi connectivity index (χ1v) is 4.01. The molecule has 0 saturated carbocycles. The van der Waals surface area contributed by atoms with Gasteiger partial charge in [-0.15, -0.1) is 0 Å². The minimum Gasteiger partial charge on any atom is -0.494 e. The lowest BCUT2D eigenvalue weighted by Gasteiger charge is -2.10. The third-order valence-electron chi connectivity index (χ3n) is 1.82. The number of nitrogens with zero attached hydrogens (tertiary/aromatic N) is 2. The first-order valence-electron chi connectivity index (χ1n) is 4.01. The number of ether oxygens (including phenoxy) is 1. The fourth-order valence-corrected chi connectivity index (χ4v) is 1.17. The van der Waals surface area contributed by atoms with Crippen molar-refractivity contribution in [3.8, 4) is 11.8 Å². The summed E-state index contributed by atoms with van der Waals surface area (Å²) in [5.74, 6) is -2.08. The Bertz CT molecular complexity index is 469. The molecule has 0 amide bonds. The Hall–Kier alpha value is -2.23. The quantitative estimate of drug-likeness (QED) is 0.849. The highest BCUT2D eigenvalue weighted by Crippen LogP contribution is 2.33. The van der Waals surface area contributed by atoms with Crippen molar-refractivity contribution in [3.63, 3.8) is 0 Å². The van der Waals surface area contributed by atoms with E-state index in [-0.39, 0.29) is 0 Å². The van der Waals surface area contributed by atoms with Gasteiger partial charge >= 0.3 is 5.97 Å². The Morgan fingerprint density at radius 2 is 2.31 bits per heavy atom. The number of hydrogen-bond donors (Lipinski definition) is 1. The highest BCUT2D eigenvalue weighted by molar-refractivity contribution is 5.89. The third-order valence-corrected chi connectivity index (χ3v) is 1.82. The zero-order chi connectivity index (χ0) is 12.3. The zero-order valence-corrected chi connectivity index (χ0v) is 8.07. The van der Waals surface area contributed by atoms with Gasteiger partial charge in [0, 0.05) is 6.20 Å². The van der Waals surface area contributed by atoms with Crippen molar-refractivity contribution in [2.75, 3.05) is 7.11 Å². The van der Waals surface area contributed by atoms with Gasteiger partial charge in [0.05, 0.1) is 18.2 Å². The molecule has 0 saturated heterocycles. The van der Waals surface area contributed by atoms with Crippen molar-refractivity contribution in [2.45, 2.75) is 6.43 Å². The molecule has 0 aliphatic carbocycles. The molecule has 0 fully saturated rings. The number of carboxylic acid groups (broad SMARTS) is 1. The van der Waals surface area contributed by atoms with Crippen LogP contribution in [0.4, 0.5) is 8.78 Å². The molecule has 0 unspecified atom stereocenters. The Kier molecular flexibility index (Phi) is 3.35. The third kappa shape index (κ3) is 1.91. The number of nitriles is 1. The van der Waals surface area contributed by atoms with Gasteiger partial charge in [0.15, 0.2) is 11.4 Å². The molecule has 1 aromatic heterocycles. The molecule has 0 radical (unpaired) electrons. The lowest BCUT2D eigenvalue weighted by atomic mass is 10.1. The Labute approximate surface area is 88.9 Å². The predicted octanol–water partition coefficient (Wildman–Crippen LogP) is 1.60. The second-order valence-corrected chi connectivity index (χ2v) is 2.69. The number of carbonyl (C=O) groups is 1. The first kappa shape index (κ1) is 11.8. The van der Waals surface area contributed by atoms with Crippen LogP contribution in [0.3, 0.4) is 0 Å². The van der Waals surface area contributed by atoms with E-state index in [1.54, 1.807) is 0 Å². The van der Waals surface area contributed by atoms with Crippen LogP contribution in [0.25, 0.3) is 0 Å². The molecule has 0 aromatic carbocycles. The predicted molar refractivity (Wildman–Crippen MR) is 47.4 cm³/mol. The molecule has 5 nitrogen and oxygen atoms in total. The van der Waals surface area contributed by atoms with Crippen LogP contribution in [-0.4, -0.2) is 23.2 Å². The van der Waals surface area contributed by atoms with Crippen LogP contribution in [0.5, 0.6) is 5.75 Å². The maximum Gasteiger partial charge on any atom is 0.358 e. The lowest BCUT2D eigenvalue weighted by Crippen LogP contribution is -2.08. The molecule has 1 rings (SSSR count). The smallest absolute Gasteiger partial charge is 0.358 e. The number of pyridine rings is 1. The molecule has 0 aliphatic heterocycles. The average molecular weight is 228 g/mol. The van der Waals surface area contributed by atoms with Crippen LogP contribution >= 0.6 is 0 Å². The molecule has 1 aromatic rings. The molecule has 0 aliphatic rings. The lowest BCUT2D eigenvalue weighted by molar-refractivity contribution is 0.0685. The van der Waals surface area contributed by atoms with Gasteiger partial charge in [0.1, 0.15) is 6.07 Å². The number of carboxylic acids is 1. The van der Waals surface area contributed by atoms with Crippen molar-refractivity contribution >= 4 is 5.97 Å². The Morgan fingerprint density at radius 1 is 1.69 bits per heavy atom. The summed E-state index contributed by atoms with van der Waals surface area (Å²) in [4.78, 5) is 14.1. The minimum absolute atomic E-state index is 0.406. The SMILES string of the molecule is COc1c(C(=O)O)ncc(C#N)c1C(F)F. The molecule has 7 heteroatoms. The summed E-state index contributed by atoms with van der Waals surface area (Å²) in [6.07, 6.45) is -2.22. The van der Waals surface area contributed by atoms with Crippen molar-refractivity contribution in [1.29, 1.82) is 5.26 Å². The van der Waals surface area contributed by atoms with Crippen molar-refractivity contribution in [2.24, 2.45) is 0 Å². The molecule has 1 N–H and O–H groups in total. The van der Waals surface area contributed by atoms with Crippen molar-refractivity contribution in [1.82, 2.24) is 4.98 Å². The molecular formula is C9H6F2N2O3. The monoisotopic (exact) mass is 228 g/mol. The summed E-state index contributed by atoms with van der Waals surface area (Å²) in [7, 11) is 1.04. The van der Waals surface area contributed by atoms with Crippen LogP contribution in [0.1, 0.15) is 28.0 Å². The second kappa shape index (κ2) is 4.53. The standard InChI is InChI=1S/C9H6F2N2O3/c1-16-7-5(8(10)11)4(2-12)3-13-6(7)9(14)15/h3,8H,1H3,(H,14,15). The van der Waals surface area contributed by atoms with Gasteiger partial charge in [-0.2, -0.15) is 5.26 Å². The Balaban J connectivity index is 3.57. The molecule has 0 bridgehead atoms. The molecule has 0 atom stereocenters. The van der Waals surface area contributed by atoms with E-state index in [2.05, 4.69) is 9.72 Å². The topological polar surface area (TPSA) is 83.2 Å². The summed E-state index contributed by atoms with van der Waals surface area (Å²) in [5, 5.41) is 17.3. The zero-order valence-electron chi connectivity index (χ0n) is 8.07. The van der Waals surface area contributed by atoms with E-state index in [4.69, 9.17) is 10.4 Å². The summed E-state index contributed by atoms with van der Waals surface area (Å²) in [6.45, 7) is 0. The van der Waals surface area contributed by atoms with Gasteiger partial charge in [0.25, 0.3) is 6.43 Å². The Morgan fingerprint density at radius 3 is 2.69 bits per heavy atom. The highest BCUT2D eigenvalue weighted by atomic mass is 19.3. The fraction of sp³-hybridized carbons (Fsp3) is 0.222. The molecular weight excluding hydrogens is 222 g/mol. The largest absolute Gasteiger partial charge is 0.494 e. The average Bonchev–Trinajstić information content (AvgIpc) is 2.26. The second-order valence-electron chi connectivity index (χ2n) is 2.69. The maximum absolute atomic E-state index is 12.7. The van der Waals surface area contributed by atoms with E-state index < -0.39 is 35.0 Å². The van der Waals surface area contributed by atoms with Gasteiger partial charge in [0.2, 0.25) is 0 Å². The summed E-state index contributed by atoms with van der Waals surface area (Å²) < 4.78 is 29.9. The number of aromatic carboxylic acids is 1. The van der Waals surface area contributed by atoms with Gasteiger partial charge in [-0.25, -0.2) is 18.6 Å². The van der Waals surface area contributed by atoms with E-state index in [1.807, 2.05) is 0 Å². The van der Waals surface area contributed by atoms with E-state index >= 15 is 0 Å². The van der Waals surface area contributed by atoms with Crippen LogP contribution in [0.2, 0.25) is 0 Å². The maximum atomic E-state index is 12.7. The number of aromatic nitrogens is 1. The first-order chi connectivity index (χ1) is 7.52. The minimum atomic E-state index is -3.01. The van der Waals surface area contributed by atoms with Crippen molar-refractivity contribution in [3.05, 3.63) is 23.0 Å². The number of methoxy groups -OCH3 is 1. The number of rotatable bonds is 3. The summed E-state index contributed by atoms with van der Waals surface area (Å²) >= 11 is 0. The van der Waals surface area contributed by atoms with Gasteiger partial charge in [-0.1, -0.05) is 0 Å². The molecule has 0 spiro atoms. The van der Waals surface area contributed by atoms with Crippen LogP contribution < -0.4 is 4.74 Å². The van der Waals surface area contributed by atoms with E-state index in [0.717, 1.165) is 13.3 Å². The van der Waals surface area contributed by atoms with Crippen LogP contribution in [-0.2, 0) is 0 Å². The van der Waals surface area contributed by atoms with Crippen molar-refractivity contribution < 1.29 is 23.4 Å². The van der Waals surface area contributed by atoms with Crippen LogP contribution in [0, 0.1) is 11.3 Å². The number of hydrogen-bond acceptors (Lipinski definition) is 4. The van der Waals surface area contributed by atoms with Gasteiger partial charge in [-0.3, -0.25) is 0 Å². The number of alkyl halides is 2. The molecule has 1 heterocycles. The van der Waals surface area contributed by atoms with Crippen LogP contribution in [0.15, 0.2) is 6.20 Å². The van der Waals surface area contributed by atoms with Gasteiger partial charge in [-0.05, 0) is 0 Å². The fourth-order valence-electron chi connectivity index (χ4n) is 1.17. The molecule has 84 valence electrons. The number of halogens is 2. The summed E-state index contributed by atoms with van der Waals surface area (Å²) in [6, 6.07) is 1.50.